The molecule has 0 aliphatic carbocycles. The Balaban J connectivity index is 1.67. The van der Waals surface area contributed by atoms with Crippen LogP contribution in [0.4, 0.5) is 5.95 Å². The second kappa shape index (κ2) is 6.33. The minimum atomic E-state index is -0.176. The molecule has 21 heavy (non-hydrogen) atoms. The number of rotatable bonds is 3. The summed E-state index contributed by atoms with van der Waals surface area (Å²) in [5, 5.41) is 9.48. The molecule has 0 amide bonds. The summed E-state index contributed by atoms with van der Waals surface area (Å²) in [4.78, 5) is 12.9. The Morgan fingerprint density at radius 1 is 0.952 bits per heavy atom. The van der Waals surface area contributed by atoms with Crippen molar-refractivity contribution < 1.29 is 0 Å². The first-order valence-corrected chi connectivity index (χ1v) is 7.09. The van der Waals surface area contributed by atoms with Gasteiger partial charge in [-0.05, 0) is 11.6 Å². The van der Waals surface area contributed by atoms with E-state index in [1.54, 1.807) is 12.4 Å². The van der Waals surface area contributed by atoms with Crippen molar-refractivity contribution in [2.75, 3.05) is 31.1 Å². The average molecular weight is 279 g/mol. The number of benzene rings is 1. The topological polar surface area (TPSA) is 56.1 Å². The summed E-state index contributed by atoms with van der Waals surface area (Å²) < 4.78 is 0. The van der Waals surface area contributed by atoms with E-state index >= 15 is 0 Å². The van der Waals surface area contributed by atoms with Gasteiger partial charge in [-0.15, -0.1) is 0 Å². The third-order valence-corrected chi connectivity index (χ3v) is 3.75. The average Bonchev–Trinajstić information content (AvgIpc) is 2.58. The van der Waals surface area contributed by atoms with Crippen molar-refractivity contribution in [3.63, 3.8) is 0 Å². The number of piperazine rings is 1. The minimum Gasteiger partial charge on any atom is -0.338 e. The van der Waals surface area contributed by atoms with Crippen LogP contribution in [-0.2, 0) is 0 Å². The van der Waals surface area contributed by atoms with E-state index in [4.69, 9.17) is 0 Å². The Bertz CT molecular complexity index is 600. The normalized spacial score (nSPS) is 17.2. The number of nitrogens with zero attached hydrogens (tertiary/aromatic N) is 5. The van der Waals surface area contributed by atoms with Gasteiger partial charge in [0, 0.05) is 38.6 Å². The molecule has 3 rings (SSSR count). The molecule has 1 aromatic heterocycles. The second-order valence-electron chi connectivity index (χ2n) is 5.01. The van der Waals surface area contributed by atoms with Crippen molar-refractivity contribution >= 4 is 5.95 Å². The van der Waals surface area contributed by atoms with Crippen LogP contribution in [0, 0.1) is 11.3 Å². The lowest BCUT2D eigenvalue weighted by Crippen LogP contribution is -2.48. The van der Waals surface area contributed by atoms with E-state index in [2.05, 4.69) is 25.8 Å². The van der Waals surface area contributed by atoms with Crippen LogP contribution in [0.1, 0.15) is 11.6 Å². The molecule has 0 N–H and O–H groups in total. The van der Waals surface area contributed by atoms with Crippen LogP contribution in [0.15, 0.2) is 48.8 Å². The van der Waals surface area contributed by atoms with Gasteiger partial charge in [0.1, 0.15) is 6.04 Å². The molecule has 1 fully saturated rings. The SMILES string of the molecule is N#CC(c1ccccc1)N1CCN(c2ncccn2)CC1. The Kier molecular flexibility index (Phi) is 4.08. The van der Waals surface area contributed by atoms with Gasteiger partial charge in [-0.3, -0.25) is 4.90 Å². The second-order valence-corrected chi connectivity index (χ2v) is 5.01. The highest BCUT2D eigenvalue weighted by atomic mass is 15.3. The number of aromatic nitrogens is 2. The smallest absolute Gasteiger partial charge is 0.225 e. The molecular weight excluding hydrogens is 262 g/mol. The van der Waals surface area contributed by atoms with Crippen LogP contribution in [0.25, 0.3) is 0 Å². The summed E-state index contributed by atoms with van der Waals surface area (Å²) in [6.07, 6.45) is 3.52. The first-order chi connectivity index (χ1) is 10.4. The molecule has 2 heterocycles. The fourth-order valence-corrected chi connectivity index (χ4v) is 2.64. The Morgan fingerprint density at radius 3 is 2.24 bits per heavy atom. The fourth-order valence-electron chi connectivity index (χ4n) is 2.64. The van der Waals surface area contributed by atoms with Gasteiger partial charge in [-0.25, -0.2) is 9.97 Å². The van der Waals surface area contributed by atoms with E-state index in [1.165, 1.54) is 0 Å². The molecule has 0 saturated carbocycles. The van der Waals surface area contributed by atoms with Gasteiger partial charge in [-0.2, -0.15) is 5.26 Å². The van der Waals surface area contributed by atoms with Gasteiger partial charge in [0.25, 0.3) is 0 Å². The maximum atomic E-state index is 9.48. The monoisotopic (exact) mass is 279 g/mol. The maximum absolute atomic E-state index is 9.48. The zero-order chi connectivity index (χ0) is 14.5. The lowest BCUT2D eigenvalue weighted by molar-refractivity contribution is 0.221. The summed E-state index contributed by atoms with van der Waals surface area (Å²) in [7, 11) is 0. The van der Waals surface area contributed by atoms with E-state index in [-0.39, 0.29) is 6.04 Å². The molecule has 1 aliphatic rings. The molecule has 1 atom stereocenters. The van der Waals surface area contributed by atoms with Crippen LogP contribution in [-0.4, -0.2) is 41.0 Å². The largest absolute Gasteiger partial charge is 0.338 e. The number of hydrogen-bond acceptors (Lipinski definition) is 5. The third-order valence-electron chi connectivity index (χ3n) is 3.75. The quantitative estimate of drug-likeness (QED) is 0.858. The highest BCUT2D eigenvalue weighted by Gasteiger charge is 2.25. The molecule has 5 nitrogen and oxygen atoms in total. The van der Waals surface area contributed by atoms with Gasteiger partial charge >= 0.3 is 0 Å². The summed E-state index contributed by atoms with van der Waals surface area (Å²) >= 11 is 0. The maximum Gasteiger partial charge on any atom is 0.225 e. The summed E-state index contributed by atoms with van der Waals surface area (Å²) in [6.45, 7) is 3.36. The third kappa shape index (κ3) is 3.01. The summed E-state index contributed by atoms with van der Waals surface area (Å²) in [6, 6.07) is 14.0. The van der Waals surface area contributed by atoms with Gasteiger partial charge in [0.2, 0.25) is 5.95 Å². The molecule has 5 heteroatoms. The van der Waals surface area contributed by atoms with E-state index < -0.39 is 0 Å². The predicted octanol–water partition coefficient (Wildman–Crippen LogP) is 1.86. The highest BCUT2D eigenvalue weighted by Crippen LogP contribution is 2.22. The zero-order valence-electron chi connectivity index (χ0n) is 11.8. The summed E-state index contributed by atoms with van der Waals surface area (Å²) in [5.41, 5.74) is 1.06. The summed E-state index contributed by atoms with van der Waals surface area (Å²) in [5.74, 6) is 0.769. The molecule has 0 spiro atoms. The molecular formula is C16H17N5. The Labute approximate surface area is 124 Å². The molecule has 0 bridgehead atoms. The van der Waals surface area contributed by atoms with Crippen LogP contribution < -0.4 is 4.90 Å². The standard InChI is InChI=1S/C16H17N5/c17-13-15(14-5-2-1-3-6-14)20-9-11-21(12-10-20)16-18-7-4-8-19-16/h1-8,15H,9-12H2. The van der Waals surface area contributed by atoms with Crippen molar-refractivity contribution in [3.05, 3.63) is 54.4 Å². The van der Waals surface area contributed by atoms with E-state index in [0.29, 0.717) is 0 Å². The molecule has 2 aromatic rings. The number of hydrogen-bond donors (Lipinski definition) is 0. The van der Waals surface area contributed by atoms with E-state index in [9.17, 15) is 5.26 Å². The van der Waals surface area contributed by atoms with Crippen LogP contribution in [0.3, 0.4) is 0 Å². The lowest BCUT2D eigenvalue weighted by Gasteiger charge is -2.36. The lowest BCUT2D eigenvalue weighted by atomic mass is 10.1. The van der Waals surface area contributed by atoms with Crippen molar-refractivity contribution in [2.45, 2.75) is 6.04 Å². The molecule has 1 unspecified atom stereocenters. The number of nitriles is 1. The first kappa shape index (κ1) is 13.5. The predicted molar refractivity (Wildman–Crippen MR) is 80.6 cm³/mol. The van der Waals surface area contributed by atoms with Gasteiger partial charge < -0.3 is 4.90 Å². The minimum absolute atomic E-state index is 0.176. The van der Waals surface area contributed by atoms with E-state index in [1.807, 2.05) is 36.4 Å². The Hall–Kier alpha value is -2.45. The van der Waals surface area contributed by atoms with Crippen molar-refractivity contribution in [2.24, 2.45) is 0 Å². The molecule has 106 valence electrons. The highest BCUT2D eigenvalue weighted by molar-refractivity contribution is 5.30. The number of anilines is 1. The molecule has 1 saturated heterocycles. The van der Waals surface area contributed by atoms with Crippen LogP contribution in [0.2, 0.25) is 0 Å². The van der Waals surface area contributed by atoms with Gasteiger partial charge in [0.15, 0.2) is 0 Å². The molecule has 0 radical (unpaired) electrons. The van der Waals surface area contributed by atoms with Crippen LogP contribution >= 0.6 is 0 Å². The first-order valence-electron chi connectivity index (χ1n) is 7.09. The van der Waals surface area contributed by atoms with Crippen molar-refractivity contribution in [1.82, 2.24) is 14.9 Å². The molecule has 1 aliphatic heterocycles. The van der Waals surface area contributed by atoms with Gasteiger partial charge in [0.05, 0.1) is 6.07 Å². The Morgan fingerprint density at radius 2 is 1.62 bits per heavy atom. The van der Waals surface area contributed by atoms with Gasteiger partial charge in [-0.1, -0.05) is 30.3 Å². The zero-order valence-corrected chi connectivity index (χ0v) is 11.8. The van der Waals surface area contributed by atoms with Crippen LogP contribution in [0.5, 0.6) is 0 Å². The van der Waals surface area contributed by atoms with Crippen molar-refractivity contribution in [3.8, 4) is 6.07 Å². The fraction of sp³-hybridized carbons (Fsp3) is 0.312. The van der Waals surface area contributed by atoms with Crippen molar-refractivity contribution in [1.29, 1.82) is 5.26 Å². The van der Waals surface area contributed by atoms with E-state index in [0.717, 1.165) is 37.7 Å². The molecule has 1 aromatic carbocycles.